The highest BCUT2D eigenvalue weighted by molar-refractivity contribution is 9.10. The topological polar surface area (TPSA) is 26.3 Å². The molecule has 2 aromatic carbocycles. The van der Waals surface area contributed by atoms with Crippen molar-refractivity contribution < 1.29 is 13.9 Å². The Bertz CT molecular complexity index is 638. The Kier molecular flexibility index (Phi) is 5.02. The largest absolute Gasteiger partial charge is 0.486 e. The molecule has 0 aliphatic rings. The molecule has 2 rings (SSSR count). The molecule has 0 radical (unpaired) electrons. The van der Waals surface area contributed by atoms with E-state index in [0.717, 1.165) is 0 Å². The molecule has 0 aromatic heterocycles. The van der Waals surface area contributed by atoms with Crippen molar-refractivity contribution in [3.8, 4) is 5.75 Å². The van der Waals surface area contributed by atoms with E-state index < -0.39 is 5.24 Å². The third-order valence-corrected chi connectivity index (χ3v) is 3.64. The molecule has 104 valence electrons. The molecule has 0 spiro atoms. The van der Waals surface area contributed by atoms with Crippen LogP contribution in [0.3, 0.4) is 0 Å². The van der Waals surface area contributed by atoms with Crippen LogP contribution in [-0.4, -0.2) is 5.24 Å². The van der Waals surface area contributed by atoms with Gasteiger partial charge in [0.15, 0.2) is 5.75 Å². The van der Waals surface area contributed by atoms with Gasteiger partial charge in [-0.2, -0.15) is 0 Å². The normalized spacial score (nSPS) is 10.4. The van der Waals surface area contributed by atoms with Gasteiger partial charge in [0.1, 0.15) is 12.4 Å². The summed E-state index contributed by atoms with van der Waals surface area (Å²) in [5.74, 6) is -0.0242. The van der Waals surface area contributed by atoms with Crippen molar-refractivity contribution in [3.05, 3.63) is 62.8 Å². The number of ether oxygens (including phenoxy) is 1. The first-order valence-corrected chi connectivity index (χ1v) is 7.09. The van der Waals surface area contributed by atoms with Crippen LogP contribution in [0.25, 0.3) is 0 Å². The van der Waals surface area contributed by atoms with Gasteiger partial charge in [-0.25, -0.2) is 4.39 Å². The van der Waals surface area contributed by atoms with Gasteiger partial charge in [-0.05, 0) is 45.7 Å². The number of benzene rings is 2. The lowest BCUT2D eigenvalue weighted by Crippen LogP contribution is -2.00. The molecule has 0 bridgehead atoms. The molecule has 2 aromatic rings. The van der Waals surface area contributed by atoms with Crippen LogP contribution < -0.4 is 4.74 Å². The second-order valence-corrected chi connectivity index (χ2v) is 5.53. The summed E-state index contributed by atoms with van der Waals surface area (Å²) in [6.07, 6.45) is 0. The van der Waals surface area contributed by atoms with Crippen LogP contribution in [0.4, 0.5) is 4.39 Å². The quantitative estimate of drug-likeness (QED) is 0.684. The third-order valence-electron chi connectivity index (χ3n) is 2.56. The molecule has 0 heterocycles. The van der Waals surface area contributed by atoms with Gasteiger partial charge in [0, 0.05) is 11.1 Å². The van der Waals surface area contributed by atoms with E-state index in [9.17, 15) is 9.18 Å². The number of halogens is 4. The predicted molar refractivity (Wildman–Crippen MR) is 80.1 cm³/mol. The summed E-state index contributed by atoms with van der Waals surface area (Å²) in [5, 5.41) is -0.395. The zero-order valence-electron chi connectivity index (χ0n) is 10.00. The van der Waals surface area contributed by atoms with Crippen LogP contribution in [0.1, 0.15) is 15.9 Å². The minimum atomic E-state index is -0.617. The summed E-state index contributed by atoms with van der Waals surface area (Å²) in [6.45, 7) is 0.0269. The Morgan fingerprint density at radius 1 is 1.30 bits per heavy atom. The van der Waals surface area contributed by atoms with E-state index >= 15 is 0 Å². The first-order valence-electron chi connectivity index (χ1n) is 5.54. The van der Waals surface area contributed by atoms with Gasteiger partial charge in [0.2, 0.25) is 0 Å². The van der Waals surface area contributed by atoms with Crippen molar-refractivity contribution in [1.29, 1.82) is 0 Å². The molecule has 0 saturated carbocycles. The fourth-order valence-corrected chi connectivity index (χ4v) is 2.65. The SMILES string of the molecule is O=C(Cl)c1cc(Cl)c(OCc2ccccc2F)c(Br)c1. The molecular weight excluding hydrogens is 370 g/mol. The van der Waals surface area contributed by atoms with Crippen LogP contribution in [0, 0.1) is 5.82 Å². The monoisotopic (exact) mass is 376 g/mol. The standard InChI is InChI=1S/C14H8BrCl2FO2/c15-10-5-9(14(17)19)6-11(16)13(10)20-7-8-3-1-2-4-12(8)18/h1-6H,7H2. The number of carbonyl (C=O) groups excluding carboxylic acids is 1. The van der Waals surface area contributed by atoms with Crippen molar-refractivity contribution in [1.82, 2.24) is 0 Å². The van der Waals surface area contributed by atoms with Crippen LogP contribution in [0.15, 0.2) is 40.9 Å². The molecule has 0 aliphatic carbocycles. The molecule has 0 atom stereocenters. The fraction of sp³-hybridized carbons (Fsp3) is 0.0714. The minimum absolute atomic E-state index is 0.0269. The highest BCUT2D eigenvalue weighted by atomic mass is 79.9. The average Bonchev–Trinajstić information content (AvgIpc) is 2.39. The van der Waals surface area contributed by atoms with Gasteiger partial charge in [-0.3, -0.25) is 4.79 Å². The lowest BCUT2D eigenvalue weighted by molar-refractivity contribution is 0.108. The first-order chi connectivity index (χ1) is 9.49. The zero-order chi connectivity index (χ0) is 14.7. The van der Waals surface area contributed by atoms with Gasteiger partial charge in [-0.15, -0.1) is 0 Å². The molecule has 0 saturated heterocycles. The summed E-state index contributed by atoms with van der Waals surface area (Å²) < 4.78 is 19.4. The summed E-state index contributed by atoms with van der Waals surface area (Å²) >= 11 is 14.7. The highest BCUT2D eigenvalue weighted by Crippen LogP contribution is 2.35. The molecule has 6 heteroatoms. The fourth-order valence-electron chi connectivity index (χ4n) is 1.58. The van der Waals surface area contributed by atoms with Crippen LogP contribution in [0.5, 0.6) is 5.75 Å². The Balaban J connectivity index is 2.22. The van der Waals surface area contributed by atoms with E-state index in [0.29, 0.717) is 15.8 Å². The number of carbonyl (C=O) groups is 1. The van der Waals surface area contributed by atoms with Crippen molar-refractivity contribution in [2.24, 2.45) is 0 Å². The van der Waals surface area contributed by atoms with E-state index in [4.69, 9.17) is 27.9 Å². The van der Waals surface area contributed by atoms with Crippen LogP contribution in [0.2, 0.25) is 5.02 Å². The second-order valence-electron chi connectivity index (χ2n) is 3.92. The molecule has 2 nitrogen and oxygen atoms in total. The van der Waals surface area contributed by atoms with Crippen molar-refractivity contribution >= 4 is 44.4 Å². The Morgan fingerprint density at radius 3 is 2.60 bits per heavy atom. The number of hydrogen-bond acceptors (Lipinski definition) is 2. The Labute approximate surface area is 133 Å². The summed E-state index contributed by atoms with van der Waals surface area (Å²) in [6, 6.07) is 9.19. The maximum absolute atomic E-state index is 13.5. The van der Waals surface area contributed by atoms with E-state index in [1.807, 2.05) is 0 Å². The van der Waals surface area contributed by atoms with Crippen LogP contribution >= 0.6 is 39.1 Å². The van der Waals surface area contributed by atoms with Crippen molar-refractivity contribution in [3.63, 3.8) is 0 Å². The van der Waals surface area contributed by atoms with E-state index in [2.05, 4.69) is 15.9 Å². The molecular formula is C14H8BrCl2FO2. The zero-order valence-corrected chi connectivity index (χ0v) is 13.1. The van der Waals surface area contributed by atoms with Gasteiger partial charge in [0.25, 0.3) is 5.24 Å². The van der Waals surface area contributed by atoms with Gasteiger partial charge in [-0.1, -0.05) is 29.8 Å². The smallest absolute Gasteiger partial charge is 0.252 e. The van der Waals surface area contributed by atoms with Gasteiger partial charge >= 0.3 is 0 Å². The molecule has 0 fully saturated rings. The first kappa shape index (κ1) is 15.3. The molecule has 0 N–H and O–H groups in total. The van der Waals surface area contributed by atoms with Crippen LogP contribution in [-0.2, 0) is 6.61 Å². The molecule has 0 amide bonds. The van der Waals surface area contributed by atoms with Crippen molar-refractivity contribution in [2.45, 2.75) is 6.61 Å². The van der Waals surface area contributed by atoms with E-state index in [1.165, 1.54) is 18.2 Å². The predicted octanol–water partition coefficient (Wildman–Crippen LogP) is 5.20. The highest BCUT2D eigenvalue weighted by Gasteiger charge is 2.13. The summed E-state index contributed by atoms with van der Waals surface area (Å²) in [5.41, 5.74) is 0.662. The average molecular weight is 378 g/mol. The van der Waals surface area contributed by atoms with Gasteiger partial charge < -0.3 is 4.74 Å². The van der Waals surface area contributed by atoms with E-state index in [1.54, 1.807) is 18.2 Å². The minimum Gasteiger partial charge on any atom is -0.486 e. The Morgan fingerprint density at radius 2 is 2.00 bits per heavy atom. The van der Waals surface area contributed by atoms with Gasteiger partial charge in [0.05, 0.1) is 9.50 Å². The second kappa shape index (κ2) is 6.57. The number of rotatable bonds is 4. The lowest BCUT2D eigenvalue weighted by Gasteiger charge is -2.11. The molecule has 0 unspecified atom stereocenters. The number of hydrogen-bond donors (Lipinski definition) is 0. The maximum Gasteiger partial charge on any atom is 0.252 e. The summed E-state index contributed by atoms with van der Waals surface area (Å²) in [7, 11) is 0. The molecule has 20 heavy (non-hydrogen) atoms. The van der Waals surface area contributed by atoms with Crippen molar-refractivity contribution in [2.75, 3.05) is 0 Å². The Hall–Kier alpha value is -1.10. The summed E-state index contributed by atoms with van der Waals surface area (Å²) in [4.78, 5) is 11.1. The third kappa shape index (κ3) is 3.51. The molecule has 0 aliphatic heterocycles. The van der Waals surface area contributed by atoms with E-state index in [-0.39, 0.29) is 23.0 Å². The maximum atomic E-state index is 13.5. The lowest BCUT2D eigenvalue weighted by atomic mass is 10.2.